The number of nitrogens with zero attached hydrogens (tertiary/aromatic N) is 2. The quantitative estimate of drug-likeness (QED) is 0.475. The van der Waals surface area contributed by atoms with Crippen LogP contribution in [0.5, 0.6) is 0 Å². The Balaban J connectivity index is 2.70. The number of nitrogens with two attached hydrogens (primary N) is 1. The van der Waals surface area contributed by atoms with Crippen LogP contribution in [0.4, 0.5) is 0 Å². The molecule has 1 amide bonds. The van der Waals surface area contributed by atoms with Crippen molar-refractivity contribution >= 4 is 26.8 Å². The summed E-state index contributed by atoms with van der Waals surface area (Å²) in [7, 11) is 0.281. The molecule has 8 heteroatoms. The zero-order valence-corrected chi connectivity index (χ0v) is 12.9. The fraction of sp³-hybridized carbons (Fsp3) is 0.308. The van der Waals surface area contributed by atoms with Crippen molar-refractivity contribution in [2.24, 2.45) is 5.84 Å². The zero-order chi connectivity index (χ0) is 15.8. The Kier molecular flexibility index (Phi) is 4.04. The van der Waals surface area contributed by atoms with Gasteiger partial charge in [0.2, 0.25) is 10.0 Å². The molecule has 0 bridgehead atoms. The van der Waals surface area contributed by atoms with Gasteiger partial charge in [-0.25, -0.2) is 18.2 Å². The van der Waals surface area contributed by atoms with Gasteiger partial charge in [-0.3, -0.25) is 10.2 Å². The van der Waals surface area contributed by atoms with Crippen LogP contribution in [-0.4, -0.2) is 43.5 Å². The van der Waals surface area contributed by atoms with Crippen molar-refractivity contribution in [3.63, 3.8) is 0 Å². The van der Waals surface area contributed by atoms with Crippen molar-refractivity contribution in [3.05, 3.63) is 35.5 Å². The van der Waals surface area contributed by atoms with E-state index in [-0.39, 0.29) is 0 Å². The first-order chi connectivity index (χ1) is 9.74. The Bertz CT molecular complexity index is 793. The van der Waals surface area contributed by atoms with Gasteiger partial charge in [0.1, 0.15) is 0 Å². The fourth-order valence-electron chi connectivity index (χ4n) is 2.30. The number of hydrogen-bond acceptors (Lipinski definition) is 5. The third-order valence-corrected chi connectivity index (χ3v) is 4.13. The van der Waals surface area contributed by atoms with Crippen LogP contribution in [0.2, 0.25) is 0 Å². The SMILES string of the molecule is CN(C)Cc1cc2cc(C(=O)NN)ccc2n1S(C)(=O)=O. The number of fused-ring (bicyclic) bond motifs is 1. The average molecular weight is 310 g/mol. The van der Waals surface area contributed by atoms with Crippen LogP contribution in [0.25, 0.3) is 10.9 Å². The van der Waals surface area contributed by atoms with Crippen molar-refractivity contribution in [1.82, 2.24) is 14.3 Å². The first-order valence-electron chi connectivity index (χ1n) is 6.24. The molecule has 2 rings (SSSR count). The molecule has 1 heterocycles. The molecule has 2 aromatic rings. The smallest absolute Gasteiger partial charge is 0.265 e. The Morgan fingerprint density at radius 2 is 2.00 bits per heavy atom. The molecule has 0 saturated heterocycles. The van der Waals surface area contributed by atoms with E-state index in [1.54, 1.807) is 24.3 Å². The number of aromatic nitrogens is 1. The maximum absolute atomic E-state index is 12.0. The van der Waals surface area contributed by atoms with E-state index in [4.69, 9.17) is 5.84 Å². The highest BCUT2D eigenvalue weighted by Gasteiger charge is 2.18. The largest absolute Gasteiger partial charge is 0.304 e. The Morgan fingerprint density at radius 3 is 2.52 bits per heavy atom. The molecule has 3 N–H and O–H groups in total. The van der Waals surface area contributed by atoms with Crippen molar-refractivity contribution < 1.29 is 13.2 Å². The molecule has 21 heavy (non-hydrogen) atoms. The summed E-state index contributed by atoms with van der Waals surface area (Å²) in [4.78, 5) is 13.4. The average Bonchev–Trinajstić information content (AvgIpc) is 2.73. The minimum absolute atomic E-state index is 0.382. The van der Waals surface area contributed by atoms with Crippen LogP contribution in [-0.2, 0) is 16.6 Å². The highest BCUT2D eigenvalue weighted by molar-refractivity contribution is 7.89. The summed E-state index contributed by atoms with van der Waals surface area (Å²) in [6.07, 6.45) is 1.16. The minimum atomic E-state index is -3.44. The lowest BCUT2D eigenvalue weighted by Gasteiger charge is -2.12. The van der Waals surface area contributed by atoms with E-state index >= 15 is 0 Å². The number of carbonyl (C=O) groups excluding carboxylic acids is 1. The monoisotopic (exact) mass is 310 g/mol. The molecular formula is C13H18N4O3S. The Morgan fingerprint density at radius 1 is 1.33 bits per heavy atom. The topological polar surface area (TPSA) is 97.4 Å². The number of carbonyl (C=O) groups is 1. The van der Waals surface area contributed by atoms with Gasteiger partial charge < -0.3 is 4.90 Å². The van der Waals surface area contributed by atoms with E-state index in [0.717, 1.165) is 6.26 Å². The lowest BCUT2D eigenvalue weighted by atomic mass is 10.1. The third kappa shape index (κ3) is 3.07. The second kappa shape index (κ2) is 5.47. The van der Waals surface area contributed by atoms with Gasteiger partial charge in [0, 0.05) is 23.2 Å². The van der Waals surface area contributed by atoms with E-state index in [2.05, 4.69) is 5.43 Å². The summed E-state index contributed by atoms with van der Waals surface area (Å²) in [6, 6.07) is 6.55. The van der Waals surface area contributed by atoms with Crippen LogP contribution in [0.1, 0.15) is 16.1 Å². The summed E-state index contributed by atoms with van der Waals surface area (Å²) >= 11 is 0. The van der Waals surface area contributed by atoms with Crippen molar-refractivity contribution in [3.8, 4) is 0 Å². The molecule has 0 unspecified atom stereocenters. The molecule has 0 radical (unpaired) electrons. The molecule has 0 aliphatic carbocycles. The molecule has 0 atom stereocenters. The summed E-state index contributed by atoms with van der Waals surface area (Å²) in [6.45, 7) is 0.472. The van der Waals surface area contributed by atoms with Gasteiger partial charge in [-0.1, -0.05) is 0 Å². The zero-order valence-electron chi connectivity index (χ0n) is 12.1. The van der Waals surface area contributed by atoms with E-state index in [9.17, 15) is 13.2 Å². The number of amides is 1. The highest BCUT2D eigenvalue weighted by atomic mass is 32.2. The fourth-order valence-corrected chi connectivity index (χ4v) is 3.36. The van der Waals surface area contributed by atoms with Crippen molar-refractivity contribution in [2.75, 3.05) is 20.4 Å². The first-order valence-corrected chi connectivity index (χ1v) is 8.09. The molecular weight excluding hydrogens is 292 g/mol. The summed E-state index contributed by atoms with van der Waals surface area (Å²) in [5.74, 6) is 4.69. The Labute approximate surface area is 123 Å². The van der Waals surface area contributed by atoms with Gasteiger partial charge >= 0.3 is 0 Å². The van der Waals surface area contributed by atoms with E-state index in [1.807, 2.05) is 19.0 Å². The summed E-state index contributed by atoms with van der Waals surface area (Å²) in [5, 5.41) is 0.679. The summed E-state index contributed by atoms with van der Waals surface area (Å²) in [5.41, 5.74) is 3.62. The van der Waals surface area contributed by atoms with Crippen LogP contribution >= 0.6 is 0 Å². The number of benzene rings is 1. The van der Waals surface area contributed by atoms with E-state index in [0.29, 0.717) is 28.7 Å². The van der Waals surface area contributed by atoms with Crippen LogP contribution < -0.4 is 11.3 Å². The minimum Gasteiger partial charge on any atom is -0.304 e. The highest BCUT2D eigenvalue weighted by Crippen LogP contribution is 2.24. The number of nitrogens with one attached hydrogen (secondary N) is 1. The van der Waals surface area contributed by atoms with Gasteiger partial charge in [0.15, 0.2) is 0 Å². The maximum atomic E-state index is 12.0. The second-order valence-electron chi connectivity index (χ2n) is 5.15. The van der Waals surface area contributed by atoms with Gasteiger partial charge in [-0.2, -0.15) is 0 Å². The van der Waals surface area contributed by atoms with Crippen molar-refractivity contribution in [2.45, 2.75) is 6.54 Å². The maximum Gasteiger partial charge on any atom is 0.265 e. The number of rotatable bonds is 4. The van der Waals surface area contributed by atoms with Gasteiger partial charge in [0.25, 0.3) is 5.91 Å². The molecule has 0 aliphatic heterocycles. The molecule has 114 valence electrons. The molecule has 0 saturated carbocycles. The number of hydrogen-bond donors (Lipinski definition) is 2. The normalized spacial score (nSPS) is 12.0. The molecule has 7 nitrogen and oxygen atoms in total. The van der Waals surface area contributed by atoms with E-state index < -0.39 is 15.9 Å². The van der Waals surface area contributed by atoms with Gasteiger partial charge in [-0.05, 0) is 38.4 Å². The predicted octanol–water partition coefficient (Wildman–Crippen LogP) is 0.114. The molecule has 0 spiro atoms. The van der Waals surface area contributed by atoms with Gasteiger partial charge in [-0.15, -0.1) is 0 Å². The van der Waals surface area contributed by atoms with Crippen LogP contribution in [0.15, 0.2) is 24.3 Å². The number of nitrogen functional groups attached to an aromatic ring is 1. The molecule has 1 aromatic heterocycles. The lowest BCUT2D eigenvalue weighted by molar-refractivity contribution is 0.0954. The molecule has 0 fully saturated rings. The lowest BCUT2D eigenvalue weighted by Crippen LogP contribution is -2.29. The predicted molar refractivity (Wildman–Crippen MR) is 81.2 cm³/mol. The van der Waals surface area contributed by atoms with Crippen LogP contribution in [0, 0.1) is 0 Å². The second-order valence-corrected chi connectivity index (χ2v) is 6.98. The third-order valence-electron chi connectivity index (χ3n) is 3.03. The molecule has 1 aromatic carbocycles. The Hall–Kier alpha value is -1.90. The van der Waals surface area contributed by atoms with Crippen LogP contribution in [0.3, 0.4) is 0 Å². The standard InChI is InChI=1S/C13H18N4O3S/c1-16(2)8-11-7-10-6-9(13(18)15-14)4-5-12(10)17(11)21(3,19)20/h4-7H,8,14H2,1-3H3,(H,15,18). The van der Waals surface area contributed by atoms with Gasteiger partial charge in [0.05, 0.1) is 11.8 Å². The summed E-state index contributed by atoms with van der Waals surface area (Å²) < 4.78 is 25.4. The number of hydrazine groups is 1. The molecule has 0 aliphatic rings. The first kappa shape index (κ1) is 15.5. The van der Waals surface area contributed by atoms with Crippen molar-refractivity contribution in [1.29, 1.82) is 0 Å². The van der Waals surface area contributed by atoms with E-state index in [1.165, 1.54) is 3.97 Å².